The summed E-state index contributed by atoms with van der Waals surface area (Å²) in [5.41, 5.74) is 1.77. The van der Waals surface area contributed by atoms with Gasteiger partial charge in [0.2, 0.25) is 6.79 Å². The lowest BCUT2D eigenvalue weighted by molar-refractivity contribution is -0.0276. The third-order valence-electron chi connectivity index (χ3n) is 7.32. The molecule has 2 N–H and O–H groups in total. The van der Waals surface area contributed by atoms with Crippen LogP contribution in [0.25, 0.3) is 11.0 Å². The number of ether oxygens (including phenoxy) is 3. The number of carbonyl (C=O) groups excluding carboxylic acids is 1. The predicted octanol–water partition coefficient (Wildman–Crippen LogP) is 3.55. The molecule has 3 aliphatic rings. The van der Waals surface area contributed by atoms with Crippen LogP contribution in [0.1, 0.15) is 47.4 Å². The van der Waals surface area contributed by atoms with E-state index in [1.54, 1.807) is 6.07 Å². The van der Waals surface area contributed by atoms with Crippen molar-refractivity contribution in [3.05, 3.63) is 59.4 Å². The largest absolute Gasteiger partial charge is 0.454 e. The molecule has 1 aromatic heterocycles. The first-order valence-electron chi connectivity index (χ1n) is 12.3. The van der Waals surface area contributed by atoms with Gasteiger partial charge in [-0.15, -0.1) is 0 Å². The Hall–Kier alpha value is -3.07. The molecule has 0 radical (unpaired) electrons. The molecule has 4 heterocycles. The Morgan fingerprint density at radius 2 is 1.94 bits per heavy atom. The first-order chi connectivity index (χ1) is 17.1. The number of piperidine rings is 1. The fourth-order valence-electron chi connectivity index (χ4n) is 5.21. The molecule has 0 unspecified atom stereocenters. The summed E-state index contributed by atoms with van der Waals surface area (Å²) in [6.07, 6.45) is 3.36. The van der Waals surface area contributed by atoms with E-state index in [4.69, 9.17) is 18.6 Å². The molecule has 2 fully saturated rings. The lowest BCUT2D eigenvalue weighted by Crippen LogP contribution is -2.42. The van der Waals surface area contributed by atoms with Crippen molar-refractivity contribution < 1.29 is 28.5 Å². The van der Waals surface area contributed by atoms with Gasteiger partial charge < -0.3 is 29.1 Å². The fourth-order valence-corrected chi connectivity index (χ4v) is 5.21. The van der Waals surface area contributed by atoms with Crippen LogP contribution in [-0.2, 0) is 16.9 Å². The van der Waals surface area contributed by atoms with Gasteiger partial charge in [0.25, 0.3) is 5.91 Å². The Morgan fingerprint density at radius 1 is 1.09 bits per heavy atom. The maximum absolute atomic E-state index is 12.5. The van der Waals surface area contributed by atoms with E-state index in [1.165, 1.54) is 5.56 Å². The van der Waals surface area contributed by atoms with Crippen molar-refractivity contribution in [1.29, 1.82) is 0 Å². The van der Waals surface area contributed by atoms with Crippen molar-refractivity contribution >= 4 is 16.9 Å². The third-order valence-corrected chi connectivity index (χ3v) is 7.32. The van der Waals surface area contributed by atoms with E-state index < -0.39 is 5.60 Å². The molecule has 184 valence electrons. The topological polar surface area (TPSA) is 93.4 Å². The molecule has 3 aliphatic heterocycles. The van der Waals surface area contributed by atoms with Crippen LogP contribution in [0.5, 0.6) is 11.5 Å². The van der Waals surface area contributed by atoms with E-state index in [0.717, 1.165) is 61.5 Å². The van der Waals surface area contributed by atoms with Gasteiger partial charge in [-0.2, -0.15) is 0 Å². The minimum atomic E-state index is -0.904. The van der Waals surface area contributed by atoms with Crippen molar-refractivity contribution in [2.75, 3.05) is 33.0 Å². The van der Waals surface area contributed by atoms with Gasteiger partial charge in [-0.3, -0.25) is 9.69 Å². The summed E-state index contributed by atoms with van der Waals surface area (Å²) in [5, 5.41) is 15.2. The number of aliphatic hydroxyl groups is 1. The minimum Gasteiger partial charge on any atom is -0.454 e. The summed E-state index contributed by atoms with van der Waals surface area (Å²) in [6, 6.07) is 13.5. The maximum atomic E-state index is 12.5. The monoisotopic (exact) mass is 478 g/mol. The number of hydrogen-bond donors (Lipinski definition) is 2. The average molecular weight is 479 g/mol. The van der Waals surface area contributed by atoms with Gasteiger partial charge in [-0.05, 0) is 67.1 Å². The van der Waals surface area contributed by atoms with Gasteiger partial charge in [-0.25, -0.2) is 0 Å². The van der Waals surface area contributed by atoms with Crippen molar-refractivity contribution in [2.24, 2.45) is 0 Å². The van der Waals surface area contributed by atoms with Gasteiger partial charge in [0.15, 0.2) is 17.3 Å². The summed E-state index contributed by atoms with van der Waals surface area (Å²) >= 11 is 0. The van der Waals surface area contributed by atoms with Crippen LogP contribution in [0.3, 0.4) is 0 Å². The van der Waals surface area contributed by atoms with E-state index in [-0.39, 0.29) is 24.6 Å². The maximum Gasteiger partial charge on any atom is 0.287 e. The molecular formula is C27H30N2O6. The molecule has 0 spiro atoms. The molecule has 35 heavy (non-hydrogen) atoms. The number of rotatable bonds is 6. The zero-order valence-electron chi connectivity index (χ0n) is 19.6. The first-order valence-corrected chi connectivity index (χ1v) is 12.3. The summed E-state index contributed by atoms with van der Waals surface area (Å²) in [6.45, 7) is 3.89. The lowest BCUT2D eigenvalue weighted by atomic mass is 9.84. The Labute approximate surface area is 203 Å². The summed E-state index contributed by atoms with van der Waals surface area (Å²) in [7, 11) is 0. The number of nitrogens with zero attached hydrogens (tertiary/aromatic N) is 1. The summed E-state index contributed by atoms with van der Waals surface area (Å²) in [4.78, 5) is 14.9. The number of likely N-dealkylation sites (tertiary alicyclic amines) is 1. The van der Waals surface area contributed by atoms with Gasteiger partial charge in [0, 0.05) is 38.2 Å². The number of fused-ring (bicyclic) bond motifs is 2. The molecule has 2 aromatic carbocycles. The predicted molar refractivity (Wildman–Crippen MR) is 128 cm³/mol. The highest BCUT2D eigenvalue weighted by molar-refractivity contribution is 5.96. The van der Waals surface area contributed by atoms with Gasteiger partial charge in [0.05, 0.1) is 11.7 Å². The van der Waals surface area contributed by atoms with Crippen LogP contribution in [-0.4, -0.2) is 55.1 Å². The van der Waals surface area contributed by atoms with E-state index >= 15 is 0 Å². The van der Waals surface area contributed by atoms with Crippen molar-refractivity contribution in [1.82, 2.24) is 10.2 Å². The Morgan fingerprint density at radius 3 is 2.77 bits per heavy atom. The summed E-state index contributed by atoms with van der Waals surface area (Å²) in [5.74, 6) is 1.62. The number of carbonyl (C=O) groups is 1. The Kier molecular flexibility index (Phi) is 5.88. The van der Waals surface area contributed by atoms with Gasteiger partial charge >= 0.3 is 0 Å². The molecule has 3 aromatic rings. The van der Waals surface area contributed by atoms with Crippen LogP contribution < -0.4 is 14.8 Å². The van der Waals surface area contributed by atoms with Crippen molar-refractivity contribution in [3.63, 3.8) is 0 Å². The number of amides is 1. The molecule has 1 atom stereocenters. The quantitative estimate of drug-likeness (QED) is 0.560. The first kappa shape index (κ1) is 22.4. The van der Waals surface area contributed by atoms with Crippen LogP contribution >= 0.6 is 0 Å². The molecule has 8 heteroatoms. The third kappa shape index (κ3) is 4.61. The molecule has 6 rings (SSSR count). The lowest BCUT2D eigenvalue weighted by Gasteiger charge is -2.38. The molecule has 0 aliphatic carbocycles. The van der Waals surface area contributed by atoms with E-state index in [1.807, 2.05) is 30.3 Å². The number of furan rings is 1. The normalized spacial score (nSPS) is 21.5. The summed E-state index contributed by atoms with van der Waals surface area (Å²) < 4.78 is 22.2. The highest BCUT2D eigenvalue weighted by Gasteiger charge is 2.34. The van der Waals surface area contributed by atoms with E-state index in [9.17, 15) is 9.90 Å². The fraction of sp³-hybridized carbons (Fsp3) is 0.444. The molecular weight excluding hydrogens is 448 g/mol. The smallest absolute Gasteiger partial charge is 0.287 e. The molecule has 2 saturated heterocycles. The zero-order valence-corrected chi connectivity index (χ0v) is 19.6. The van der Waals surface area contributed by atoms with Gasteiger partial charge in [-0.1, -0.05) is 12.1 Å². The van der Waals surface area contributed by atoms with E-state index in [0.29, 0.717) is 25.0 Å². The Bertz CT molecular complexity index is 1220. The van der Waals surface area contributed by atoms with Crippen molar-refractivity contribution in [3.8, 4) is 11.5 Å². The van der Waals surface area contributed by atoms with Crippen LogP contribution in [0.2, 0.25) is 0 Å². The molecule has 0 saturated carbocycles. The Balaban J connectivity index is 1.09. The standard InChI is InChI=1S/C27H30N2O6/c30-26(28-15-21-2-1-11-32-21)25-14-19-13-20(4-6-22(19)35-25)27(31)7-9-29(10-8-27)16-18-3-5-23-24(12-18)34-17-33-23/h3-6,12-14,21,31H,1-2,7-11,15-17H2,(H,28,30)/t21-/m1/s1. The second kappa shape index (κ2) is 9.18. The van der Waals surface area contributed by atoms with Gasteiger partial charge in [0.1, 0.15) is 5.58 Å². The highest BCUT2D eigenvalue weighted by atomic mass is 16.7. The average Bonchev–Trinajstić information content (AvgIpc) is 3.64. The molecule has 1 amide bonds. The molecule has 0 bridgehead atoms. The SMILES string of the molecule is O=C(NC[C@H]1CCCO1)c1cc2cc(C3(O)CCN(Cc4ccc5c(c4)OCO5)CC3)ccc2o1. The van der Waals surface area contributed by atoms with Crippen LogP contribution in [0, 0.1) is 0 Å². The van der Waals surface area contributed by atoms with Crippen molar-refractivity contribution in [2.45, 2.75) is 43.9 Å². The number of benzene rings is 2. The second-order valence-corrected chi connectivity index (χ2v) is 9.70. The zero-order chi connectivity index (χ0) is 23.8. The second-order valence-electron chi connectivity index (χ2n) is 9.70. The minimum absolute atomic E-state index is 0.0834. The van der Waals surface area contributed by atoms with E-state index in [2.05, 4.69) is 16.3 Å². The highest BCUT2D eigenvalue weighted by Crippen LogP contribution is 2.37. The number of nitrogens with one attached hydrogen (secondary N) is 1. The van der Waals surface area contributed by atoms with Crippen LogP contribution in [0.4, 0.5) is 0 Å². The number of hydrogen-bond acceptors (Lipinski definition) is 7. The van der Waals surface area contributed by atoms with Crippen LogP contribution in [0.15, 0.2) is 46.9 Å². The molecule has 8 nitrogen and oxygen atoms in total.